The van der Waals surface area contributed by atoms with Gasteiger partial charge in [0.2, 0.25) is 0 Å². The van der Waals surface area contributed by atoms with Gasteiger partial charge in [0, 0.05) is 18.0 Å². The van der Waals surface area contributed by atoms with Gasteiger partial charge in [-0.15, -0.1) is 0 Å². The number of hydrogen-bond acceptors (Lipinski definition) is 5. The van der Waals surface area contributed by atoms with Crippen LogP contribution in [0.1, 0.15) is 24.0 Å². The van der Waals surface area contributed by atoms with E-state index in [0.717, 1.165) is 11.1 Å². The number of benzene rings is 2. The zero-order chi connectivity index (χ0) is 20.4. The lowest BCUT2D eigenvalue weighted by Crippen LogP contribution is -2.37. The van der Waals surface area contributed by atoms with Crippen molar-refractivity contribution in [3.8, 4) is 11.5 Å². The molecule has 2 rings (SSSR count). The summed E-state index contributed by atoms with van der Waals surface area (Å²) in [5.41, 5.74) is 1.68. The highest BCUT2D eigenvalue weighted by molar-refractivity contribution is 5.69. The molecule has 0 bridgehead atoms. The summed E-state index contributed by atoms with van der Waals surface area (Å²) in [5.74, 6) is 0.204. The van der Waals surface area contributed by atoms with Gasteiger partial charge >= 0.3 is 12.1 Å². The molecule has 2 N–H and O–H groups in total. The van der Waals surface area contributed by atoms with Crippen molar-refractivity contribution in [3.05, 3.63) is 59.7 Å². The standard InChI is InChI=1S/C21H25NO6/c1-26-18-10-6-9-16(20(18)27-2)13-17(11-12-19(23)24)22-21(25)28-14-15-7-4-3-5-8-15/h3-10,17H,11-14H2,1-2H3,(H,22,25)(H,23,24). The van der Waals surface area contributed by atoms with Crippen molar-refractivity contribution in [2.24, 2.45) is 0 Å². The lowest BCUT2D eigenvalue weighted by molar-refractivity contribution is -0.137. The third-order valence-corrected chi connectivity index (χ3v) is 4.19. The maximum Gasteiger partial charge on any atom is 0.407 e. The van der Waals surface area contributed by atoms with Crippen LogP contribution in [0.4, 0.5) is 4.79 Å². The fourth-order valence-electron chi connectivity index (χ4n) is 2.83. The number of carboxylic acid groups (broad SMARTS) is 1. The minimum Gasteiger partial charge on any atom is -0.493 e. The van der Waals surface area contributed by atoms with E-state index in [9.17, 15) is 9.59 Å². The van der Waals surface area contributed by atoms with Crippen molar-refractivity contribution < 1.29 is 28.9 Å². The van der Waals surface area contributed by atoms with Crippen LogP contribution in [0.3, 0.4) is 0 Å². The molecule has 0 fully saturated rings. The van der Waals surface area contributed by atoms with E-state index in [1.54, 1.807) is 13.2 Å². The van der Waals surface area contributed by atoms with Gasteiger partial charge in [0.05, 0.1) is 14.2 Å². The summed E-state index contributed by atoms with van der Waals surface area (Å²) < 4.78 is 16.0. The quantitative estimate of drug-likeness (QED) is 0.649. The van der Waals surface area contributed by atoms with Crippen molar-refractivity contribution in [2.75, 3.05) is 14.2 Å². The van der Waals surface area contributed by atoms with Crippen molar-refractivity contribution in [3.63, 3.8) is 0 Å². The van der Waals surface area contributed by atoms with Crippen LogP contribution in [0.15, 0.2) is 48.5 Å². The molecule has 0 aliphatic carbocycles. The first-order chi connectivity index (χ1) is 13.5. The SMILES string of the molecule is COc1cccc(CC(CCC(=O)O)NC(=O)OCc2ccccc2)c1OC. The molecular weight excluding hydrogens is 362 g/mol. The average Bonchev–Trinajstić information content (AvgIpc) is 2.71. The number of carbonyl (C=O) groups is 2. The van der Waals surface area contributed by atoms with Gasteiger partial charge in [0.1, 0.15) is 6.61 Å². The number of para-hydroxylation sites is 1. The highest BCUT2D eigenvalue weighted by Gasteiger charge is 2.19. The first-order valence-corrected chi connectivity index (χ1v) is 8.92. The average molecular weight is 387 g/mol. The maximum absolute atomic E-state index is 12.2. The predicted octanol–water partition coefficient (Wildman–Crippen LogP) is 3.41. The summed E-state index contributed by atoms with van der Waals surface area (Å²) in [7, 11) is 3.08. The van der Waals surface area contributed by atoms with Gasteiger partial charge in [0.25, 0.3) is 0 Å². The summed E-state index contributed by atoms with van der Waals surface area (Å²) in [4.78, 5) is 23.2. The Morgan fingerprint density at radius 1 is 1.04 bits per heavy atom. The van der Waals surface area contributed by atoms with Crippen molar-refractivity contribution >= 4 is 12.1 Å². The van der Waals surface area contributed by atoms with Crippen LogP contribution in [0, 0.1) is 0 Å². The Balaban J connectivity index is 2.05. The summed E-state index contributed by atoms with van der Waals surface area (Å²) in [6, 6.07) is 14.3. The van der Waals surface area contributed by atoms with Gasteiger partial charge in [-0.25, -0.2) is 4.79 Å². The van der Waals surface area contributed by atoms with Crippen LogP contribution in [0.25, 0.3) is 0 Å². The molecule has 0 heterocycles. The van der Waals surface area contributed by atoms with Gasteiger partial charge in [-0.05, 0) is 24.5 Å². The van der Waals surface area contributed by atoms with E-state index < -0.39 is 18.1 Å². The molecule has 0 aromatic heterocycles. The lowest BCUT2D eigenvalue weighted by Gasteiger charge is -2.20. The van der Waals surface area contributed by atoms with Gasteiger partial charge < -0.3 is 24.6 Å². The topological polar surface area (TPSA) is 94.1 Å². The second-order valence-electron chi connectivity index (χ2n) is 6.19. The number of hydrogen-bond donors (Lipinski definition) is 2. The predicted molar refractivity (Wildman–Crippen MR) is 104 cm³/mol. The van der Waals surface area contributed by atoms with E-state index >= 15 is 0 Å². The number of nitrogens with one attached hydrogen (secondary N) is 1. The number of amides is 1. The molecular formula is C21H25NO6. The molecule has 0 saturated heterocycles. The zero-order valence-electron chi connectivity index (χ0n) is 16.0. The Labute approximate surface area is 164 Å². The van der Waals surface area contributed by atoms with Crippen LogP contribution in [-0.2, 0) is 22.6 Å². The summed E-state index contributed by atoms with van der Waals surface area (Å²) in [6.07, 6.45) is -0.0266. The molecule has 0 spiro atoms. The Bertz CT molecular complexity index is 778. The number of carbonyl (C=O) groups excluding carboxylic acids is 1. The van der Waals surface area contributed by atoms with E-state index in [1.807, 2.05) is 42.5 Å². The van der Waals surface area contributed by atoms with E-state index in [4.69, 9.17) is 19.3 Å². The maximum atomic E-state index is 12.2. The van der Waals surface area contributed by atoms with E-state index in [-0.39, 0.29) is 19.4 Å². The van der Waals surface area contributed by atoms with Crippen LogP contribution < -0.4 is 14.8 Å². The van der Waals surface area contributed by atoms with E-state index in [1.165, 1.54) is 7.11 Å². The molecule has 0 aliphatic rings. The first-order valence-electron chi connectivity index (χ1n) is 8.92. The summed E-state index contributed by atoms with van der Waals surface area (Å²) in [6.45, 7) is 0.140. The lowest BCUT2D eigenvalue weighted by atomic mass is 10.0. The molecule has 2 aromatic rings. The van der Waals surface area contributed by atoms with Crippen molar-refractivity contribution in [1.29, 1.82) is 0 Å². The normalized spacial score (nSPS) is 11.4. The summed E-state index contributed by atoms with van der Waals surface area (Å²) in [5, 5.41) is 11.8. The highest BCUT2D eigenvalue weighted by atomic mass is 16.5. The first kappa shape index (κ1) is 21.1. The molecule has 28 heavy (non-hydrogen) atoms. The minimum atomic E-state index is -0.929. The molecule has 1 unspecified atom stereocenters. The molecule has 1 atom stereocenters. The molecule has 7 heteroatoms. The molecule has 0 radical (unpaired) electrons. The van der Waals surface area contributed by atoms with Crippen LogP contribution in [-0.4, -0.2) is 37.4 Å². The smallest absolute Gasteiger partial charge is 0.407 e. The second kappa shape index (κ2) is 10.8. The molecule has 7 nitrogen and oxygen atoms in total. The minimum absolute atomic E-state index is 0.0735. The van der Waals surface area contributed by atoms with Crippen LogP contribution in [0.5, 0.6) is 11.5 Å². The van der Waals surface area contributed by atoms with E-state index in [2.05, 4.69) is 5.32 Å². The third kappa shape index (κ3) is 6.50. The van der Waals surface area contributed by atoms with E-state index in [0.29, 0.717) is 17.9 Å². The summed E-state index contributed by atoms with van der Waals surface area (Å²) >= 11 is 0. The Kier molecular flexibility index (Phi) is 8.14. The van der Waals surface area contributed by atoms with Crippen molar-refractivity contribution in [1.82, 2.24) is 5.32 Å². The molecule has 2 aromatic carbocycles. The molecule has 150 valence electrons. The fraction of sp³-hybridized carbons (Fsp3) is 0.333. The third-order valence-electron chi connectivity index (χ3n) is 4.19. The van der Waals surface area contributed by atoms with Gasteiger partial charge in [-0.1, -0.05) is 42.5 Å². The Hall–Kier alpha value is -3.22. The molecule has 1 amide bonds. The number of rotatable bonds is 10. The number of alkyl carbamates (subject to hydrolysis) is 1. The number of aliphatic carboxylic acids is 1. The number of carboxylic acids is 1. The van der Waals surface area contributed by atoms with Crippen LogP contribution in [0.2, 0.25) is 0 Å². The second-order valence-corrected chi connectivity index (χ2v) is 6.19. The van der Waals surface area contributed by atoms with Gasteiger partial charge in [0.15, 0.2) is 11.5 Å². The number of ether oxygens (including phenoxy) is 3. The van der Waals surface area contributed by atoms with Gasteiger partial charge in [-0.3, -0.25) is 4.79 Å². The molecule has 0 saturated carbocycles. The van der Waals surface area contributed by atoms with Crippen molar-refractivity contribution in [2.45, 2.75) is 31.9 Å². The fourth-order valence-corrected chi connectivity index (χ4v) is 2.83. The van der Waals surface area contributed by atoms with Crippen LogP contribution >= 0.6 is 0 Å². The highest BCUT2D eigenvalue weighted by Crippen LogP contribution is 2.31. The zero-order valence-corrected chi connectivity index (χ0v) is 16.0. The number of methoxy groups -OCH3 is 2. The Morgan fingerprint density at radius 3 is 2.43 bits per heavy atom. The molecule has 0 aliphatic heterocycles. The monoisotopic (exact) mass is 387 g/mol. The van der Waals surface area contributed by atoms with Gasteiger partial charge in [-0.2, -0.15) is 0 Å². The Morgan fingerprint density at radius 2 is 1.79 bits per heavy atom. The largest absolute Gasteiger partial charge is 0.493 e.